The highest BCUT2D eigenvalue weighted by Crippen LogP contribution is 2.22. The van der Waals surface area contributed by atoms with Crippen LogP contribution in [0.4, 0.5) is 11.4 Å². The third-order valence-electron chi connectivity index (χ3n) is 4.11. The minimum atomic E-state index is -0.285. The van der Waals surface area contributed by atoms with Crippen LogP contribution in [-0.4, -0.2) is 12.8 Å². The van der Waals surface area contributed by atoms with Crippen molar-refractivity contribution in [3.05, 3.63) is 54.1 Å². The monoisotopic (exact) mass is 432 g/mol. The molecule has 31 heavy (non-hydrogen) atoms. The Morgan fingerprint density at radius 1 is 0.774 bits per heavy atom. The molecule has 0 bridgehead atoms. The van der Waals surface area contributed by atoms with Gasteiger partial charge in [-0.1, -0.05) is 74.9 Å². The molecule has 2 rings (SSSR count). The first-order valence-electron chi connectivity index (χ1n) is 9.60. The maximum absolute atomic E-state index is 11.0. The van der Waals surface area contributed by atoms with E-state index in [-0.39, 0.29) is 42.5 Å². The molecular weight excluding hydrogens is 388 g/mol. The lowest BCUT2D eigenvalue weighted by Gasteiger charge is -2.06. The molecule has 5 nitrogen and oxygen atoms in total. The van der Waals surface area contributed by atoms with Crippen molar-refractivity contribution in [2.45, 2.75) is 82.1 Å². The van der Waals surface area contributed by atoms with Gasteiger partial charge in [0.05, 0.1) is 11.4 Å². The summed E-state index contributed by atoms with van der Waals surface area (Å²) in [5.41, 5.74) is 2.91. The zero-order chi connectivity index (χ0) is 19.3. The van der Waals surface area contributed by atoms with Crippen LogP contribution in [0.15, 0.2) is 58.8 Å². The summed E-state index contributed by atoms with van der Waals surface area (Å²) in [7, 11) is 0. The van der Waals surface area contributed by atoms with Crippen molar-refractivity contribution < 1.29 is 14.3 Å². The summed E-state index contributed by atoms with van der Waals surface area (Å²) < 4.78 is 10.2. The van der Waals surface area contributed by atoms with Gasteiger partial charge in [-0.15, -0.1) is 0 Å². The second kappa shape index (κ2) is 19.3. The minimum Gasteiger partial charge on any atom is -0.457 e. The minimum absolute atomic E-state index is 0. The normalized spacial score (nSPS) is 9.48. The average Bonchev–Trinajstić information content (AvgIpc) is 2.71. The predicted octanol–water partition coefficient (Wildman–Crippen LogP) is 9.06. The highest BCUT2D eigenvalue weighted by molar-refractivity contribution is 5.68. The molecule has 0 fully saturated rings. The number of rotatable bonds is 11. The maximum atomic E-state index is 11.0. The Labute approximate surface area is 190 Å². The van der Waals surface area contributed by atoms with Gasteiger partial charge in [-0.3, -0.25) is 4.79 Å². The molecule has 5 heteroatoms. The number of ether oxygens (including phenoxy) is 2. The number of carbonyl (C=O) groups excluding carboxylic acids is 1. The quantitative estimate of drug-likeness (QED) is 0.154. The smallest absolute Gasteiger partial charge is 0.308 e. The molecule has 0 heterocycles. The summed E-state index contributed by atoms with van der Waals surface area (Å²) in [5.74, 6) is 0.331. The molecule has 0 N–H and O–H groups in total. The lowest BCUT2D eigenvalue weighted by Crippen LogP contribution is -2.08. The molecule has 0 unspecified atom stereocenters. The van der Waals surface area contributed by atoms with E-state index in [1.165, 1.54) is 31.2 Å². The van der Waals surface area contributed by atoms with Gasteiger partial charge >= 0.3 is 5.97 Å². The molecule has 2 aromatic rings. The third kappa shape index (κ3) is 13.3. The molecule has 0 radical (unpaired) electrons. The second-order valence-corrected chi connectivity index (χ2v) is 6.30. The summed E-state index contributed by atoms with van der Waals surface area (Å²) in [4.78, 5) is 11.0. The first-order chi connectivity index (χ1) is 13.2. The van der Waals surface area contributed by atoms with Gasteiger partial charge in [0.25, 0.3) is 0 Å². The van der Waals surface area contributed by atoms with Crippen molar-refractivity contribution in [2.24, 2.45) is 10.2 Å². The topological polar surface area (TPSA) is 60.3 Å². The van der Waals surface area contributed by atoms with Crippen LogP contribution < -0.4 is 4.74 Å². The molecule has 0 aromatic heterocycles. The number of unbranched alkanes of at least 4 members (excludes halogenated alkanes) is 3. The van der Waals surface area contributed by atoms with Crippen molar-refractivity contribution >= 4 is 17.3 Å². The van der Waals surface area contributed by atoms with Gasteiger partial charge in [0, 0.05) is 6.42 Å². The van der Waals surface area contributed by atoms with Crippen molar-refractivity contribution in [1.82, 2.24) is 0 Å². The van der Waals surface area contributed by atoms with Crippen molar-refractivity contribution in [2.75, 3.05) is 6.79 Å². The fourth-order valence-electron chi connectivity index (χ4n) is 2.47. The lowest BCUT2D eigenvalue weighted by atomic mass is 10.1. The molecule has 0 aliphatic heterocycles. The summed E-state index contributed by atoms with van der Waals surface area (Å²) in [6, 6.07) is 15.4. The fraction of sp³-hybridized carbons (Fsp3) is 0.500. The van der Waals surface area contributed by atoms with Gasteiger partial charge in [-0.25, -0.2) is 0 Å². The van der Waals surface area contributed by atoms with Gasteiger partial charge in [0.2, 0.25) is 6.79 Å². The molecular formula is C26H44N2O3. The number of carbonyl (C=O) groups is 1. The van der Waals surface area contributed by atoms with Gasteiger partial charge in [0.15, 0.2) is 0 Å². The lowest BCUT2D eigenvalue weighted by molar-refractivity contribution is -0.149. The van der Waals surface area contributed by atoms with Gasteiger partial charge in [-0.05, 0) is 54.8 Å². The van der Waals surface area contributed by atoms with Crippen molar-refractivity contribution in [3.63, 3.8) is 0 Å². The van der Waals surface area contributed by atoms with E-state index in [1.807, 2.05) is 24.3 Å². The Bertz CT molecular complexity index is 710. The van der Waals surface area contributed by atoms with Crippen LogP contribution in [0.25, 0.3) is 0 Å². The number of hydrogen-bond donors (Lipinski definition) is 0. The molecule has 0 amide bonds. The molecule has 0 aliphatic rings. The first-order valence-corrected chi connectivity index (χ1v) is 9.60. The molecule has 0 aliphatic carbocycles. The van der Waals surface area contributed by atoms with Crippen molar-refractivity contribution in [3.8, 4) is 5.75 Å². The molecule has 0 saturated carbocycles. The number of esters is 1. The summed E-state index contributed by atoms with van der Waals surface area (Å²) >= 11 is 0. The van der Waals surface area contributed by atoms with E-state index in [2.05, 4.69) is 29.3 Å². The van der Waals surface area contributed by atoms with E-state index in [1.54, 1.807) is 19.1 Å². The Morgan fingerprint density at radius 3 is 1.84 bits per heavy atom. The summed E-state index contributed by atoms with van der Waals surface area (Å²) in [6.45, 7) is 3.88. The van der Waals surface area contributed by atoms with Crippen LogP contribution in [-0.2, 0) is 16.0 Å². The van der Waals surface area contributed by atoms with Gasteiger partial charge in [-0.2, -0.15) is 10.2 Å². The maximum Gasteiger partial charge on any atom is 0.308 e. The molecule has 0 atom stereocenters. The molecule has 0 spiro atoms. The largest absolute Gasteiger partial charge is 0.457 e. The highest BCUT2D eigenvalue weighted by atomic mass is 16.7. The second-order valence-electron chi connectivity index (χ2n) is 6.30. The van der Waals surface area contributed by atoms with E-state index in [9.17, 15) is 4.79 Å². The number of benzene rings is 2. The molecule has 0 saturated heterocycles. The Hall–Kier alpha value is -2.69. The highest BCUT2D eigenvalue weighted by Gasteiger charge is 1.99. The Balaban J connectivity index is -0.00000196. The van der Waals surface area contributed by atoms with E-state index in [0.717, 1.165) is 17.8 Å². The van der Waals surface area contributed by atoms with Crippen LogP contribution in [0.1, 0.15) is 81.2 Å². The first kappa shape index (κ1) is 33.0. The van der Waals surface area contributed by atoms with E-state index >= 15 is 0 Å². The van der Waals surface area contributed by atoms with Crippen LogP contribution in [0.2, 0.25) is 0 Å². The number of azo groups is 1. The van der Waals surface area contributed by atoms with Crippen LogP contribution in [0.5, 0.6) is 5.75 Å². The zero-order valence-electron chi connectivity index (χ0n) is 16.2. The van der Waals surface area contributed by atoms with Crippen LogP contribution >= 0.6 is 0 Å². The number of nitrogens with zero attached hydrogens (tertiary/aromatic N) is 2. The molecule has 2 aromatic carbocycles. The third-order valence-corrected chi connectivity index (χ3v) is 4.11. The summed E-state index contributed by atoms with van der Waals surface area (Å²) in [6.07, 6.45) is 6.55. The Morgan fingerprint density at radius 2 is 1.32 bits per heavy atom. The van der Waals surface area contributed by atoms with Crippen LogP contribution in [0.3, 0.4) is 0 Å². The average molecular weight is 433 g/mol. The molecule has 176 valence electrons. The van der Waals surface area contributed by atoms with E-state index < -0.39 is 0 Å². The van der Waals surface area contributed by atoms with E-state index in [4.69, 9.17) is 9.47 Å². The van der Waals surface area contributed by atoms with E-state index in [0.29, 0.717) is 12.2 Å². The standard InChI is InChI=1S/C22H28N2O3.4CH4/c1-3-5-6-7-8-18-9-11-19(12-10-18)23-24-20-13-15-21(16-14-20)26-17-27-22(25)4-2;;;;/h9-16H,3-8,17H2,1-2H3;4*1H4. The SMILES string of the molecule is C.C.C.C.CCCCCCc1ccc(N=Nc2ccc(OCOC(=O)CC)cc2)cc1. The summed E-state index contributed by atoms with van der Waals surface area (Å²) in [5, 5.41) is 8.51. The predicted molar refractivity (Wildman–Crippen MR) is 134 cm³/mol. The van der Waals surface area contributed by atoms with Gasteiger partial charge in [0.1, 0.15) is 5.75 Å². The number of aryl methyl sites for hydroxylation is 1. The van der Waals surface area contributed by atoms with Crippen LogP contribution in [0, 0.1) is 0 Å². The van der Waals surface area contributed by atoms with Gasteiger partial charge < -0.3 is 9.47 Å². The van der Waals surface area contributed by atoms with Crippen molar-refractivity contribution in [1.29, 1.82) is 0 Å². The Kier molecular flexibility index (Phi) is 20.5. The fourth-order valence-corrected chi connectivity index (χ4v) is 2.47. The zero-order valence-corrected chi connectivity index (χ0v) is 16.2. The number of hydrogen-bond acceptors (Lipinski definition) is 5.